The van der Waals surface area contributed by atoms with Gasteiger partial charge in [-0.3, -0.25) is 5.32 Å². The Balaban J connectivity index is 3.65. The Kier molecular flexibility index (Phi) is 7.78. The van der Waals surface area contributed by atoms with Crippen LogP contribution in [0.5, 0.6) is 0 Å². The van der Waals surface area contributed by atoms with Crippen LogP contribution < -0.4 is 5.32 Å². The van der Waals surface area contributed by atoms with Crippen LogP contribution in [0.3, 0.4) is 0 Å². The summed E-state index contributed by atoms with van der Waals surface area (Å²) in [4.78, 5) is 0. The smallest absolute Gasteiger partial charge is 0.331 e. The van der Waals surface area contributed by atoms with E-state index in [1.54, 1.807) is 0 Å². The molecule has 1 unspecified atom stereocenters. The van der Waals surface area contributed by atoms with Crippen LogP contribution in [0.15, 0.2) is 0 Å². The minimum absolute atomic E-state index is 0.0376. The van der Waals surface area contributed by atoms with Crippen molar-refractivity contribution in [3.8, 4) is 0 Å². The molecule has 0 rings (SSSR count). The molecule has 0 saturated carbocycles. The molecule has 0 spiro atoms. The Hall–Kier alpha value is 0.331. The van der Waals surface area contributed by atoms with Gasteiger partial charge in [0.2, 0.25) is 8.56 Å². The minimum Gasteiger partial charge on any atom is -0.455 e. The molecule has 0 saturated heterocycles. The van der Waals surface area contributed by atoms with E-state index >= 15 is 0 Å². The average molecular weight is 250 g/mol. The zero-order valence-electron chi connectivity index (χ0n) is 9.17. The van der Waals surface area contributed by atoms with E-state index in [1.165, 1.54) is 0 Å². The third kappa shape index (κ3) is 7.71. The van der Waals surface area contributed by atoms with Crippen molar-refractivity contribution in [2.75, 3.05) is 13.3 Å². The largest absolute Gasteiger partial charge is 0.455 e. The highest BCUT2D eigenvalue weighted by Gasteiger charge is 2.24. The molecule has 0 heterocycles. The molecule has 0 aromatic rings. The Bertz CT molecular complexity index is 168. The van der Waals surface area contributed by atoms with E-state index in [9.17, 15) is 4.46 Å². The summed E-state index contributed by atoms with van der Waals surface area (Å²) >= 11 is 0. The van der Waals surface area contributed by atoms with Crippen molar-refractivity contribution < 1.29 is 13.7 Å². The molecule has 4 nitrogen and oxygen atoms in total. The van der Waals surface area contributed by atoms with Gasteiger partial charge in [-0.1, -0.05) is 0 Å². The molecule has 0 fully saturated rings. The summed E-state index contributed by atoms with van der Waals surface area (Å²) in [5.41, 5.74) is 0. The molecule has 1 radical (unpaired) electrons. The third-order valence-electron chi connectivity index (χ3n) is 1.91. The molecule has 0 bridgehead atoms. The molecular weight excluding hydrogens is 230 g/mol. The van der Waals surface area contributed by atoms with E-state index in [1.807, 2.05) is 6.55 Å². The Morgan fingerprint density at radius 1 is 1.57 bits per heavy atom. The first-order valence-electron chi connectivity index (χ1n) is 4.89. The van der Waals surface area contributed by atoms with Crippen LogP contribution >= 0.6 is 0 Å². The Morgan fingerprint density at radius 2 is 2.21 bits per heavy atom. The first kappa shape index (κ1) is 14.3. The highest BCUT2D eigenvalue weighted by Crippen LogP contribution is 2.13. The second-order valence-electron chi connectivity index (χ2n) is 3.90. The first-order valence-corrected chi connectivity index (χ1v) is 12.3. The highest BCUT2D eigenvalue weighted by molar-refractivity contribution is 7.05. The maximum absolute atomic E-state index is 10.6. The SMILES string of the molecule is C[SiH](O[Si](C)(C)CCCNCO)[Si]=O. The molecule has 0 aromatic heterocycles. The van der Waals surface area contributed by atoms with Gasteiger partial charge in [0.1, 0.15) is 0 Å². The lowest BCUT2D eigenvalue weighted by Crippen LogP contribution is -2.38. The van der Waals surface area contributed by atoms with Crippen molar-refractivity contribution in [3.63, 3.8) is 0 Å². The van der Waals surface area contributed by atoms with Crippen molar-refractivity contribution in [2.24, 2.45) is 0 Å². The van der Waals surface area contributed by atoms with Crippen LogP contribution in [0.25, 0.3) is 0 Å². The van der Waals surface area contributed by atoms with Gasteiger partial charge in [0.25, 0.3) is 0 Å². The van der Waals surface area contributed by atoms with Crippen molar-refractivity contribution >= 4 is 25.8 Å². The maximum Gasteiger partial charge on any atom is 0.331 e. The quantitative estimate of drug-likeness (QED) is 0.363. The lowest BCUT2D eigenvalue weighted by atomic mass is 10.5. The maximum atomic E-state index is 10.6. The third-order valence-corrected chi connectivity index (χ3v) is 9.82. The van der Waals surface area contributed by atoms with Crippen LogP contribution in [-0.2, 0) is 8.58 Å². The van der Waals surface area contributed by atoms with E-state index in [-0.39, 0.29) is 15.7 Å². The summed E-state index contributed by atoms with van der Waals surface area (Å²) in [6, 6.07) is 1.06. The summed E-state index contributed by atoms with van der Waals surface area (Å²) < 4.78 is 16.5. The topological polar surface area (TPSA) is 58.6 Å². The normalized spacial score (nSPS) is 14.0. The molecule has 0 aliphatic rings. The average Bonchev–Trinajstić information content (AvgIpc) is 2.12. The second-order valence-corrected chi connectivity index (χ2v) is 13.5. The fraction of sp³-hybridized carbons (Fsp3) is 1.00. The van der Waals surface area contributed by atoms with Crippen molar-refractivity contribution in [2.45, 2.75) is 32.1 Å². The van der Waals surface area contributed by atoms with E-state index in [0.717, 1.165) is 19.0 Å². The van der Waals surface area contributed by atoms with E-state index in [0.29, 0.717) is 0 Å². The lowest BCUT2D eigenvalue weighted by Gasteiger charge is -2.24. The number of aliphatic hydroxyl groups is 1. The van der Waals surface area contributed by atoms with Gasteiger partial charge in [0, 0.05) is 0 Å². The Labute approximate surface area is 90.6 Å². The van der Waals surface area contributed by atoms with E-state index < -0.39 is 16.9 Å². The van der Waals surface area contributed by atoms with Gasteiger partial charge in [-0.25, -0.2) is 0 Å². The molecule has 0 aromatic carbocycles. The number of hydrogen-bond acceptors (Lipinski definition) is 4. The van der Waals surface area contributed by atoms with Gasteiger partial charge >= 0.3 is 8.92 Å². The molecule has 2 N–H and O–H groups in total. The monoisotopic (exact) mass is 250 g/mol. The lowest BCUT2D eigenvalue weighted by molar-refractivity contribution is 0.261. The summed E-state index contributed by atoms with van der Waals surface area (Å²) in [7, 11) is -3.24. The van der Waals surface area contributed by atoms with Gasteiger partial charge in [-0.15, -0.1) is 0 Å². The minimum atomic E-state index is -1.59. The molecule has 14 heavy (non-hydrogen) atoms. The summed E-state index contributed by atoms with van der Waals surface area (Å²) in [5, 5.41) is 11.4. The zero-order chi connectivity index (χ0) is 11.0. The number of nitrogens with one attached hydrogen (secondary N) is 1. The molecule has 0 amide bonds. The van der Waals surface area contributed by atoms with Gasteiger partial charge in [0.05, 0.1) is 6.73 Å². The molecule has 7 heteroatoms. The second kappa shape index (κ2) is 7.60. The standard InChI is InChI=1S/C7H20NO3Si3/c1-13(12-10)11-14(2,3)6-4-5-8-7-9/h8-9,13H,4-7H2,1-3H3. The van der Waals surface area contributed by atoms with Crippen LogP contribution in [0.1, 0.15) is 6.42 Å². The van der Waals surface area contributed by atoms with Gasteiger partial charge in [-0.2, -0.15) is 0 Å². The van der Waals surface area contributed by atoms with Crippen molar-refractivity contribution in [1.82, 2.24) is 5.32 Å². The van der Waals surface area contributed by atoms with Crippen LogP contribution in [0.4, 0.5) is 0 Å². The Morgan fingerprint density at radius 3 is 2.71 bits per heavy atom. The van der Waals surface area contributed by atoms with Crippen LogP contribution in [0.2, 0.25) is 25.7 Å². The molecule has 0 aliphatic carbocycles. The van der Waals surface area contributed by atoms with Crippen molar-refractivity contribution in [1.29, 1.82) is 0 Å². The molecular formula is C7H20NO3Si3. The predicted octanol–water partition coefficient (Wildman–Crippen LogP) is 0.0376. The first-order chi connectivity index (χ1) is 6.52. The number of aliphatic hydroxyl groups excluding tert-OH is 1. The van der Waals surface area contributed by atoms with E-state index in [2.05, 4.69) is 18.4 Å². The van der Waals surface area contributed by atoms with Gasteiger partial charge in [0.15, 0.2) is 8.32 Å². The van der Waals surface area contributed by atoms with E-state index in [4.69, 9.17) is 9.22 Å². The van der Waals surface area contributed by atoms with Crippen LogP contribution in [-0.4, -0.2) is 44.2 Å². The van der Waals surface area contributed by atoms with Crippen LogP contribution in [0, 0.1) is 0 Å². The fourth-order valence-electron chi connectivity index (χ4n) is 1.28. The van der Waals surface area contributed by atoms with Gasteiger partial charge in [-0.05, 0) is 38.7 Å². The van der Waals surface area contributed by atoms with Crippen molar-refractivity contribution in [3.05, 3.63) is 0 Å². The fourth-order valence-corrected chi connectivity index (χ4v) is 10.1. The highest BCUT2D eigenvalue weighted by atomic mass is 29.2. The summed E-state index contributed by atoms with van der Waals surface area (Å²) in [5.74, 6) is 0. The van der Waals surface area contributed by atoms with Gasteiger partial charge < -0.3 is 13.7 Å². The number of hydrogen-bond donors (Lipinski definition) is 2. The predicted molar refractivity (Wildman–Crippen MR) is 62.5 cm³/mol. The molecule has 0 aliphatic heterocycles. The summed E-state index contributed by atoms with van der Waals surface area (Å²) in [6.45, 7) is 7.17. The summed E-state index contributed by atoms with van der Waals surface area (Å²) in [6.07, 6.45) is 1.02. The zero-order valence-corrected chi connectivity index (χ0v) is 12.3. The molecule has 83 valence electrons. The molecule has 1 atom stereocenters. The number of rotatable bonds is 8.